The third kappa shape index (κ3) is 5.46. The van der Waals surface area contributed by atoms with Crippen LogP contribution in [-0.4, -0.2) is 14.3 Å². The fourth-order valence-corrected chi connectivity index (χ4v) is 4.76. The van der Waals surface area contributed by atoms with E-state index >= 15 is 0 Å². The van der Waals surface area contributed by atoms with Gasteiger partial charge in [0.05, 0.1) is 16.8 Å². The Morgan fingerprint density at radius 1 is 0.903 bits per heavy atom. The highest BCUT2D eigenvalue weighted by atomic mass is 35.5. The molecule has 0 saturated carbocycles. The number of anilines is 1. The molecule has 31 heavy (non-hydrogen) atoms. The first-order chi connectivity index (χ1) is 14.6. The van der Waals surface area contributed by atoms with Gasteiger partial charge in [0, 0.05) is 5.56 Å². The van der Waals surface area contributed by atoms with Crippen LogP contribution in [-0.2, 0) is 10.0 Å². The molecule has 0 saturated heterocycles. The molecular formula is C24H25ClN2O3S. The van der Waals surface area contributed by atoms with Gasteiger partial charge in [-0.1, -0.05) is 53.6 Å². The van der Waals surface area contributed by atoms with Crippen LogP contribution in [0, 0.1) is 20.8 Å². The number of carbonyl (C=O) groups excluding carboxylic acids is 1. The molecule has 1 amide bonds. The van der Waals surface area contributed by atoms with Crippen LogP contribution in [0.2, 0.25) is 5.02 Å². The SMILES string of the molecule is Cc1ccc([C@H](C)NC(=O)c2ccc(Cl)c(S(=O)(=O)Nc3cc(C)ccc3C)c2)cc1. The number of benzene rings is 3. The Kier molecular flexibility index (Phi) is 6.72. The average Bonchev–Trinajstić information content (AvgIpc) is 2.71. The third-order valence-electron chi connectivity index (χ3n) is 5.05. The van der Waals surface area contributed by atoms with E-state index in [1.165, 1.54) is 18.2 Å². The number of halogens is 1. The zero-order chi connectivity index (χ0) is 22.8. The molecule has 0 aliphatic heterocycles. The molecule has 162 valence electrons. The quantitative estimate of drug-likeness (QED) is 0.510. The Balaban J connectivity index is 1.85. The molecule has 0 unspecified atom stereocenters. The topological polar surface area (TPSA) is 75.3 Å². The van der Waals surface area contributed by atoms with E-state index in [1.807, 2.05) is 64.1 Å². The third-order valence-corrected chi connectivity index (χ3v) is 6.89. The van der Waals surface area contributed by atoms with E-state index in [0.29, 0.717) is 5.69 Å². The zero-order valence-corrected chi connectivity index (χ0v) is 19.4. The van der Waals surface area contributed by atoms with Crippen molar-refractivity contribution in [3.8, 4) is 0 Å². The maximum atomic E-state index is 13.0. The van der Waals surface area contributed by atoms with Crippen LogP contribution in [0.3, 0.4) is 0 Å². The number of sulfonamides is 1. The minimum atomic E-state index is -3.99. The van der Waals surface area contributed by atoms with Crippen molar-refractivity contribution < 1.29 is 13.2 Å². The first kappa shape index (κ1) is 22.8. The van der Waals surface area contributed by atoms with Crippen molar-refractivity contribution in [3.63, 3.8) is 0 Å². The summed E-state index contributed by atoms with van der Waals surface area (Å²) in [5, 5.41) is 2.94. The van der Waals surface area contributed by atoms with Crippen molar-refractivity contribution in [1.82, 2.24) is 5.32 Å². The summed E-state index contributed by atoms with van der Waals surface area (Å²) in [7, 11) is -3.99. The molecule has 3 aromatic carbocycles. The molecule has 3 aromatic rings. The summed E-state index contributed by atoms with van der Waals surface area (Å²) in [6, 6.07) is 17.3. The van der Waals surface area contributed by atoms with Gasteiger partial charge in [-0.2, -0.15) is 0 Å². The van der Waals surface area contributed by atoms with E-state index in [-0.39, 0.29) is 27.4 Å². The standard InChI is InChI=1S/C24H25ClN2O3S/c1-15-6-9-19(10-7-15)18(4)26-24(28)20-11-12-21(25)23(14-20)31(29,30)27-22-13-16(2)5-8-17(22)3/h5-14,18,27H,1-4H3,(H,26,28)/t18-/m0/s1. The van der Waals surface area contributed by atoms with Gasteiger partial charge < -0.3 is 5.32 Å². The van der Waals surface area contributed by atoms with Crippen LogP contribution in [0.1, 0.15) is 45.6 Å². The number of carbonyl (C=O) groups is 1. The van der Waals surface area contributed by atoms with Crippen molar-refractivity contribution in [2.24, 2.45) is 0 Å². The van der Waals surface area contributed by atoms with Gasteiger partial charge in [0.1, 0.15) is 4.90 Å². The molecule has 5 nitrogen and oxygen atoms in total. The molecular weight excluding hydrogens is 432 g/mol. The summed E-state index contributed by atoms with van der Waals surface area (Å²) in [6.45, 7) is 7.56. The lowest BCUT2D eigenvalue weighted by molar-refractivity contribution is 0.0939. The van der Waals surface area contributed by atoms with Crippen LogP contribution in [0.15, 0.2) is 65.6 Å². The minimum Gasteiger partial charge on any atom is -0.346 e. The summed E-state index contributed by atoms with van der Waals surface area (Å²) < 4.78 is 28.6. The predicted molar refractivity (Wildman–Crippen MR) is 125 cm³/mol. The highest BCUT2D eigenvalue weighted by molar-refractivity contribution is 7.92. The zero-order valence-electron chi connectivity index (χ0n) is 17.9. The van der Waals surface area contributed by atoms with Gasteiger partial charge in [-0.25, -0.2) is 8.42 Å². The van der Waals surface area contributed by atoms with Crippen molar-refractivity contribution in [2.45, 2.75) is 38.6 Å². The number of aryl methyl sites for hydroxylation is 3. The van der Waals surface area contributed by atoms with Gasteiger partial charge >= 0.3 is 0 Å². The molecule has 0 aliphatic rings. The predicted octanol–water partition coefficient (Wildman–Crippen LogP) is 5.56. The van der Waals surface area contributed by atoms with E-state index in [4.69, 9.17) is 11.6 Å². The monoisotopic (exact) mass is 456 g/mol. The number of nitrogens with one attached hydrogen (secondary N) is 2. The Hall–Kier alpha value is -2.83. The van der Waals surface area contributed by atoms with E-state index in [2.05, 4.69) is 10.0 Å². The number of rotatable bonds is 6. The van der Waals surface area contributed by atoms with Gasteiger partial charge in [0.15, 0.2) is 0 Å². The maximum absolute atomic E-state index is 13.0. The van der Waals surface area contributed by atoms with Crippen LogP contribution < -0.4 is 10.0 Å². The van der Waals surface area contributed by atoms with Gasteiger partial charge in [-0.3, -0.25) is 9.52 Å². The lowest BCUT2D eigenvalue weighted by Crippen LogP contribution is -2.27. The van der Waals surface area contributed by atoms with Crippen molar-refractivity contribution in [2.75, 3.05) is 4.72 Å². The summed E-state index contributed by atoms with van der Waals surface area (Å²) in [5.74, 6) is -0.382. The first-order valence-corrected chi connectivity index (χ1v) is 11.7. The lowest BCUT2D eigenvalue weighted by atomic mass is 10.1. The molecule has 1 atom stereocenters. The largest absolute Gasteiger partial charge is 0.346 e. The van der Waals surface area contributed by atoms with Crippen LogP contribution in [0.25, 0.3) is 0 Å². The van der Waals surface area contributed by atoms with E-state index in [0.717, 1.165) is 22.3 Å². The summed E-state index contributed by atoms with van der Waals surface area (Å²) >= 11 is 6.19. The van der Waals surface area contributed by atoms with E-state index in [9.17, 15) is 13.2 Å². The van der Waals surface area contributed by atoms with Gasteiger partial charge in [-0.05, 0) is 68.7 Å². The second-order valence-corrected chi connectivity index (χ2v) is 9.73. The number of hydrogen-bond donors (Lipinski definition) is 2. The molecule has 0 aliphatic carbocycles. The van der Waals surface area contributed by atoms with E-state index < -0.39 is 10.0 Å². The van der Waals surface area contributed by atoms with Gasteiger partial charge in [-0.15, -0.1) is 0 Å². The number of hydrogen-bond acceptors (Lipinski definition) is 3. The molecule has 0 aromatic heterocycles. The molecule has 0 radical (unpaired) electrons. The Morgan fingerprint density at radius 3 is 2.23 bits per heavy atom. The highest BCUT2D eigenvalue weighted by Gasteiger charge is 2.22. The fraction of sp³-hybridized carbons (Fsp3) is 0.208. The van der Waals surface area contributed by atoms with Crippen molar-refractivity contribution >= 4 is 33.2 Å². The maximum Gasteiger partial charge on any atom is 0.263 e. The lowest BCUT2D eigenvalue weighted by Gasteiger charge is -2.16. The van der Waals surface area contributed by atoms with Crippen LogP contribution in [0.5, 0.6) is 0 Å². The average molecular weight is 457 g/mol. The second-order valence-electron chi connectivity index (χ2n) is 7.67. The Bertz CT molecular complexity index is 1220. The summed E-state index contributed by atoms with van der Waals surface area (Å²) in [4.78, 5) is 12.6. The second kappa shape index (κ2) is 9.12. The minimum absolute atomic E-state index is 0.0425. The number of amides is 1. The normalized spacial score (nSPS) is 12.3. The molecule has 0 spiro atoms. The molecule has 0 fully saturated rings. The van der Waals surface area contributed by atoms with Gasteiger partial charge in [0.25, 0.3) is 15.9 Å². The molecule has 0 heterocycles. The molecule has 7 heteroatoms. The molecule has 2 N–H and O–H groups in total. The van der Waals surface area contributed by atoms with Crippen LogP contribution >= 0.6 is 11.6 Å². The highest BCUT2D eigenvalue weighted by Crippen LogP contribution is 2.27. The van der Waals surface area contributed by atoms with Crippen LogP contribution in [0.4, 0.5) is 5.69 Å². The summed E-state index contributed by atoms with van der Waals surface area (Å²) in [5.41, 5.74) is 4.48. The van der Waals surface area contributed by atoms with Crippen molar-refractivity contribution in [1.29, 1.82) is 0 Å². The Labute approximate surface area is 188 Å². The fourth-order valence-electron chi connectivity index (χ4n) is 3.11. The van der Waals surface area contributed by atoms with E-state index in [1.54, 1.807) is 6.07 Å². The first-order valence-electron chi connectivity index (χ1n) is 9.84. The van der Waals surface area contributed by atoms with Crippen molar-refractivity contribution in [3.05, 3.63) is 93.5 Å². The molecule has 3 rings (SSSR count). The Morgan fingerprint density at radius 2 is 1.55 bits per heavy atom. The summed E-state index contributed by atoms with van der Waals surface area (Å²) in [6.07, 6.45) is 0. The molecule has 0 bridgehead atoms. The van der Waals surface area contributed by atoms with Gasteiger partial charge in [0.2, 0.25) is 0 Å². The smallest absolute Gasteiger partial charge is 0.263 e.